The van der Waals surface area contributed by atoms with Crippen molar-refractivity contribution in [2.75, 3.05) is 5.32 Å². The molecule has 0 atom stereocenters. The molecule has 0 aliphatic heterocycles. The molecule has 1 aromatic rings. The molecule has 1 fully saturated rings. The van der Waals surface area contributed by atoms with Gasteiger partial charge >= 0.3 is 6.18 Å². The lowest BCUT2D eigenvalue weighted by molar-refractivity contribution is -0.137. The Bertz CT molecular complexity index is 469. The van der Waals surface area contributed by atoms with Crippen molar-refractivity contribution < 1.29 is 18.0 Å². The summed E-state index contributed by atoms with van der Waals surface area (Å²) in [5.74, 6) is -0.518. The zero-order valence-electron chi connectivity index (χ0n) is 9.35. The van der Waals surface area contributed by atoms with Crippen LogP contribution >= 0.6 is 11.6 Å². The minimum atomic E-state index is -4.53. The molecule has 2 nitrogen and oxygen atoms in total. The smallest absolute Gasteiger partial charge is 0.325 e. The van der Waals surface area contributed by atoms with E-state index in [1.54, 1.807) is 0 Å². The minimum Gasteiger partial charge on any atom is -0.325 e. The van der Waals surface area contributed by atoms with E-state index in [0.29, 0.717) is 0 Å². The average Bonchev–Trinajstić information content (AvgIpc) is 2.16. The van der Waals surface area contributed by atoms with Crippen molar-refractivity contribution in [1.82, 2.24) is 0 Å². The standard InChI is InChI=1S/C12H11ClF3NO/c13-8-4-5-10(9(6-8)12(14,15)16)17-11(18)7-2-1-3-7/h4-7H,1-3H2,(H,17,18). The maximum Gasteiger partial charge on any atom is 0.418 e. The quantitative estimate of drug-likeness (QED) is 0.866. The van der Waals surface area contributed by atoms with Crippen LogP contribution in [0.1, 0.15) is 24.8 Å². The summed E-state index contributed by atoms with van der Waals surface area (Å²) in [6.45, 7) is 0. The molecule has 1 aliphatic rings. The van der Waals surface area contributed by atoms with Crippen LogP contribution in [0.3, 0.4) is 0 Å². The third-order valence-corrected chi connectivity index (χ3v) is 3.26. The summed E-state index contributed by atoms with van der Waals surface area (Å²) in [5.41, 5.74) is -1.15. The molecule has 0 radical (unpaired) electrons. The van der Waals surface area contributed by atoms with Crippen molar-refractivity contribution in [2.45, 2.75) is 25.4 Å². The molecular formula is C12H11ClF3NO. The Kier molecular flexibility index (Phi) is 3.52. The van der Waals surface area contributed by atoms with Crippen LogP contribution in [0.4, 0.5) is 18.9 Å². The summed E-state index contributed by atoms with van der Waals surface area (Å²) in [6.07, 6.45) is -2.11. The molecule has 1 saturated carbocycles. The normalized spacial score (nSPS) is 16.2. The van der Waals surface area contributed by atoms with Crippen LogP contribution in [0.25, 0.3) is 0 Å². The highest BCUT2D eigenvalue weighted by molar-refractivity contribution is 6.30. The summed E-state index contributed by atoms with van der Waals surface area (Å²) in [4.78, 5) is 11.6. The molecule has 0 bridgehead atoms. The monoisotopic (exact) mass is 277 g/mol. The molecule has 98 valence electrons. The SMILES string of the molecule is O=C(Nc1ccc(Cl)cc1C(F)(F)F)C1CCC1. The predicted octanol–water partition coefficient (Wildman–Crippen LogP) is 4.10. The first-order valence-electron chi connectivity index (χ1n) is 5.55. The number of hydrogen-bond acceptors (Lipinski definition) is 1. The molecule has 1 aromatic carbocycles. The van der Waals surface area contributed by atoms with Gasteiger partial charge in [0, 0.05) is 10.9 Å². The number of rotatable bonds is 2. The van der Waals surface area contributed by atoms with E-state index in [1.807, 2.05) is 0 Å². The second kappa shape index (κ2) is 4.80. The predicted molar refractivity (Wildman–Crippen MR) is 62.4 cm³/mol. The number of carbonyl (C=O) groups is 1. The molecule has 18 heavy (non-hydrogen) atoms. The fourth-order valence-electron chi connectivity index (χ4n) is 1.77. The van der Waals surface area contributed by atoms with Gasteiger partial charge in [0.1, 0.15) is 0 Å². The van der Waals surface area contributed by atoms with Gasteiger partial charge < -0.3 is 5.32 Å². The van der Waals surface area contributed by atoms with Crippen LogP contribution in [-0.4, -0.2) is 5.91 Å². The Hall–Kier alpha value is -1.23. The van der Waals surface area contributed by atoms with Crippen LogP contribution in [0.5, 0.6) is 0 Å². The summed E-state index contributed by atoms with van der Waals surface area (Å²) >= 11 is 5.55. The molecule has 1 aliphatic carbocycles. The lowest BCUT2D eigenvalue weighted by atomic mass is 9.85. The van der Waals surface area contributed by atoms with E-state index in [2.05, 4.69) is 5.32 Å². The molecule has 0 saturated heterocycles. The van der Waals surface area contributed by atoms with Gasteiger partial charge in [-0.3, -0.25) is 4.79 Å². The summed E-state index contributed by atoms with van der Waals surface area (Å²) < 4.78 is 38.3. The van der Waals surface area contributed by atoms with E-state index in [1.165, 1.54) is 12.1 Å². The molecule has 0 heterocycles. The Balaban J connectivity index is 2.23. The van der Waals surface area contributed by atoms with Gasteiger partial charge in [-0.15, -0.1) is 0 Å². The molecule has 2 rings (SSSR count). The molecule has 0 spiro atoms. The number of hydrogen-bond donors (Lipinski definition) is 1. The highest BCUT2D eigenvalue weighted by atomic mass is 35.5. The van der Waals surface area contributed by atoms with Gasteiger partial charge in [-0.2, -0.15) is 13.2 Å². The molecular weight excluding hydrogens is 267 g/mol. The number of amides is 1. The Morgan fingerprint density at radius 3 is 2.50 bits per heavy atom. The molecule has 6 heteroatoms. The van der Waals surface area contributed by atoms with Gasteiger partial charge in [0.15, 0.2) is 0 Å². The topological polar surface area (TPSA) is 29.1 Å². The number of alkyl halides is 3. The van der Waals surface area contributed by atoms with Gasteiger partial charge in [-0.1, -0.05) is 18.0 Å². The van der Waals surface area contributed by atoms with Gasteiger partial charge in [0.2, 0.25) is 5.91 Å². The summed E-state index contributed by atoms with van der Waals surface area (Å²) in [5, 5.41) is 2.32. The van der Waals surface area contributed by atoms with E-state index < -0.39 is 11.7 Å². The largest absolute Gasteiger partial charge is 0.418 e. The zero-order valence-corrected chi connectivity index (χ0v) is 10.1. The van der Waals surface area contributed by atoms with Gasteiger partial charge in [-0.25, -0.2) is 0 Å². The van der Waals surface area contributed by atoms with Crippen molar-refractivity contribution in [3.8, 4) is 0 Å². The highest BCUT2D eigenvalue weighted by Gasteiger charge is 2.35. The van der Waals surface area contributed by atoms with Crippen molar-refractivity contribution >= 4 is 23.2 Å². The first-order valence-corrected chi connectivity index (χ1v) is 5.93. The second-order valence-electron chi connectivity index (χ2n) is 4.30. The van der Waals surface area contributed by atoms with Crippen LogP contribution in [-0.2, 0) is 11.0 Å². The number of halogens is 4. The van der Waals surface area contributed by atoms with Crippen LogP contribution < -0.4 is 5.32 Å². The van der Waals surface area contributed by atoms with E-state index >= 15 is 0 Å². The van der Waals surface area contributed by atoms with Crippen molar-refractivity contribution in [3.05, 3.63) is 28.8 Å². The van der Waals surface area contributed by atoms with Crippen molar-refractivity contribution in [2.24, 2.45) is 5.92 Å². The number of carbonyl (C=O) groups excluding carboxylic acids is 1. The Morgan fingerprint density at radius 2 is 2.00 bits per heavy atom. The van der Waals surface area contributed by atoms with Crippen LogP contribution in [0, 0.1) is 5.92 Å². The van der Waals surface area contributed by atoms with Gasteiger partial charge in [0.05, 0.1) is 11.3 Å². The summed E-state index contributed by atoms with van der Waals surface area (Å²) in [7, 11) is 0. The number of anilines is 1. The number of nitrogens with one attached hydrogen (secondary N) is 1. The van der Waals surface area contributed by atoms with Gasteiger partial charge in [-0.05, 0) is 31.0 Å². The van der Waals surface area contributed by atoms with E-state index in [-0.39, 0.29) is 22.5 Å². The molecule has 1 amide bonds. The lowest BCUT2D eigenvalue weighted by Gasteiger charge is -2.25. The van der Waals surface area contributed by atoms with Crippen LogP contribution in [0.2, 0.25) is 5.02 Å². The minimum absolute atomic E-state index is 0.0102. The van der Waals surface area contributed by atoms with Crippen LogP contribution in [0.15, 0.2) is 18.2 Å². The Labute approximate surface area is 107 Å². The first-order chi connectivity index (χ1) is 8.38. The van der Waals surface area contributed by atoms with E-state index in [4.69, 9.17) is 11.6 Å². The zero-order chi connectivity index (χ0) is 13.3. The lowest BCUT2D eigenvalue weighted by Crippen LogP contribution is -2.29. The fraction of sp³-hybridized carbons (Fsp3) is 0.417. The van der Waals surface area contributed by atoms with Crippen molar-refractivity contribution in [1.29, 1.82) is 0 Å². The third-order valence-electron chi connectivity index (χ3n) is 3.02. The first kappa shape index (κ1) is 13.2. The van der Waals surface area contributed by atoms with Gasteiger partial charge in [0.25, 0.3) is 0 Å². The molecule has 0 aromatic heterocycles. The fourth-order valence-corrected chi connectivity index (χ4v) is 1.94. The highest BCUT2D eigenvalue weighted by Crippen LogP contribution is 2.37. The maximum absolute atomic E-state index is 12.8. The summed E-state index contributed by atoms with van der Waals surface area (Å²) in [6, 6.07) is 3.33. The molecule has 1 N–H and O–H groups in total. The Morgan fingerprint density at radius 1 is 1.33 bits per heavy atom. The van der Waals surface area contributed by atoms with Crippen molar-refractivity contribution in [3.63, 3.8) is 0 Å². The van der Waals surface area contributed by atoms with E-state index in [9.17, 15) is 18.0 Å². The third kappa shape index (κ3) is 2.77. The molecule has 0 unspecified atom stereocenters. The average molecular weight is 278 g/mol. The number of benzene rings is 1. The van der Waals surface area contributed by atoms with E-state index in [0.717, 1.165) is 25.3 Å². The second-order valence-corrected chi connectivity index (χ2v) is 4.74. The maximum atomic E-state index is 12.8.